The first-order valence-electron chi connectivity index (χ1n) is 11.5. The first-order valence-corrected chi connectivity index (χ1v) is 11.5. The molecule has 2 amide bonds. The number of alkyl halides is 3. The number of aromatic nitrogens is 3. The second kappa shape index (κ2) is 11.3. The fourth-order valence-corrected chi connectivity index (χ4v) is 3.69. The SMILES string of the molecule is N#CCCCOc1cc2nn(CC(=O)N3CCOCC3)cc2cc1NC(=O)c1cccc(C(F)(F)F)n1. The lowest BCUT2D eigenvalue weighted by atomic mass is 10.2. The summed E-state index contributed by atoms with van der Waals surface area (Å²) in [5, 5.41) is 16.3. The highest BCUT2D eigenvalue weighted by atomic mass is 19.4. The van der Waals surface area contributed by atoms with E-state index in [0.29, 0.717) is 43.6 Å². The number of nitrogens with one attached hydrogen (secondary N) is 1. The summed E-state index contributed by atoms with van der Waals surface area (Å²) in [5.74, 6) is -0.758. The van der Waals surface area contributed by atoms with Crippen molar-refractivity contribution in [2.75, 3.05) is 38.2 Å². The van der Waals surface area contributed by atoms with Crippen molar-refractivity contribution in [2.24, 2.45) is 0 Å². The van der Waals surface area contributed by atoms with Gasteiger partial charge in [0.1, 0.15) is 23.7 Å². The van der Waals surface area contributed by atoms with Gasteiger partial charge in [-0.2, -0.15) is 23.5 Å². The summed E-state index contributed by atoms with van der Waals surface area (Å²) >= 11 is 0. The summed E-state index contributed by atoms with van der Waals surface area (Å²) in [4.78, 5) is 30.5. The van der Waals surface area contributed by atoms with Gasteiger partial charge in [-0.3, -0.25) is 14.3 Å². The van der Waals surface area contributed by atoms with Crippen LogP contribution < -0.4 is 10.1 Å². The van der Waals surface area contributed by atoms with Crippen molar-refractivity contribution in [1.82, 2.24) is 19.7 Å². The van der Waals surface area contributed by atoms with Crippen LogP contribution in [0.4, 0.5) is 18.9 Å². The number of rotatable bonds is 8. The molecule has 3 aromatic rings. The highest BCUT2D eigenvalue weighted by Gasteiger charge is 2.33. The molecule has 0 aliphatic carbocycles. The van der Waals surface area contributed by atoms with Crippen molar-refractivity contribution < 1.29 is 32.2 Å². The molecule has 37 heavy (non-hydrogen) atoms. The molecule has 194 valence electrons. The molecule has 0 saturated carbocycles. The highest BCUT2D eigenvalue weighted by Crippen LogP contribution is 2.31. The molecule has 0 bridgehead atoms. The molecule has 1 saturated heterocycles. The van der Waals surface area contributed by atoms with E-state index >= 15 is 0 Å². The number of benzene rings is 1. The Morgan fingerprint density at radius 3 is 2.73 bits per heavy atom. The molecule has 1 aromatic carbocycles. The van der Waals surface area contributed by atoms with Crippen LogP contribution in [-0.4, -0.2) is 64.4 Å². The van der Waals surface area contributed by atoms with Gasteiger partial charge in [-0.05, 0) is 24.6 Å². The fourth-order valence-electron chi connectivity index (χ4n) is 3.69. The molecular formula is C24H23F3N6O4. The molecule has 4 rings (SSSR count). The Hall–Kier alpha value is -4.18. The zero-order chi connectivity index (χ0) is 26.4. The Balaban J connectivity index is 1.58. The van der Waals surface area contributed by atoms with E-state index in [-0.39, 0.29) is 36.9 Å². The van der Waals surface area contributed by atoms with Crippen molar-refractivity contribution >= 4 is 28.4 Å². The van der Waals surface area contributed by atoms with Gasteiger partial charge in [-0.1, -0.05) is 6.07 Å². The van der Waals surface area contributed by atoms with Crippen molar-refractivity contribution in [3.05, 3.63) is 47.9 Å². The Morgan fingerprint density at radius 1 is 1.22 bits per heavy atom. The molecular weight excluding hydrogens is 493 g/mol. The molecule has 2 aromatic heterocycles. The second-order valence-corrected chi connectivity index (χ2v) is 8.20. The number of pyridine rings is 1. The van der Waals surface area contributed by atoms with E-state index in [2.05, 4.69) is 15.4 Å². The predicted molar refractivity (Wildman–Crippen MR) is 125 cm³/mol. The minimum absolute atomic E-state index is 0.00286. The van der Waals surface area contributed by atoms with E-state index in [1.807, 2.05) is 6.07 Å². The summed E-state index contributed by atoms with van der Waals surface area (Å²) in [6, 6.07) is 8.18. The van der Waals surface area contributed by atoms with Crippen molar-refractivity contribution in [3.63, 3.8) is 0 Å². The Labute approximate surface area is 209 Å². The molecule has 1 aliphatic rings. The largest absolute Gasteiger partial charge is 0.491 e. The van der Waals surface area contributed by atoms with Crippen LogP contribution in [0.3, 0.4) is 0 Å². The van der Waals surface area contributed by atoms with Crippen LogP contribution in [0.1, 0.15) is 29.0 Å². The normalized spacial score (nSPS) is 13.8. The van der Waals surface area contributed by atoms with Gasteiger partial charge in [0.15, 0.2) is 0 Å². The average molecular weight is 516 g/mol. The van der Waals surface area contributed by atoms with Gasteiger partial charge >= 0.3 is 6.18 Å². The predicted octanol–water partition coefficient (Wildman–Crippen LogP) is 3.24. The summed E-state index contributed by atoms with van der Waals surface area (Å²) in [7, 11) is 0. The van der Waals surface area contributed by atoms with E-state index in [1.54, 1.807) is 23.2 Å². The van der Waals surface area contributed by atoms with Crippen molar-refractivity contribution in [1.29, 1.82) is 5.26 Å². The maximum Gasteiger partial charge on any atom is 0.433 e. The first kappa shape index (κ1) is 25.9. The summed E-state index contributed by atoms with van der Waals surface area (Å²) in [6.45, 7) is 2.12. The quantitative estimate of drug-likeness (QED) is 0.456. The van der Waals surface area contributed by atoms with Gasteiger partial charge in [0.25, 0.3) is 5.91 Å². The molecule has 0 unspecified atom stereocenters. The number of anilines is 1. The molecule has 1 aliphatic heterocycles. The molecule has 13 heteroatoms. The van der Waals surface area contributed by atoms with E-state index in [9.17, 15) is 22.8 Å². The van der Waals surface area contributed by atoms with Gasteiger partial charge < -0.3 is 19.7 Å². The van der Waals surface area contributed by atoms with Gasteiger partial charge in [0.05, 0.1) is 37.1 Å². The number of unbranched alkanes of at least 4 members (excludes halogenated alkanes) is 1. The molecule has 0 spiro atoms. The van der Waals surface area contributed by atoms with Crippen LogP contribution in [0.5, 0.6) is 5.75 Å². The number of nitriles is 1. The minimum atomic E-state index is -4.70. The van der Waals surface area contributed by atoms with Crippen LogP contribution in [0.2, 0.25) is 0 Å². The van der Waals surface area contributed by atoms with Gasteiger partial charge in [-0.15, -0.1) is 0 Å². The zero-order valence-electron chi connectivity index (χ0n) is 19.6. The van der Waals surface area contributed by atoms with Crippen LogP contribution in [0.25, 0.3) is 10.9 Å². The summed E-state index contributed by atoms with van der Waals surface area (Å²) in [6.07, 6.45) is -2.38. The number of carbonyl (C=O) groups is 2. The topological polar surface area (TPSA) is 122 Å². The number of hydrogen-bond acceptors (Lipinski definition) is 7. The monoisotopic (exact) mass is 516 g/mol. The third-order valence-corrected chi connectivity index (χ3v) is 5.53. The lowest BCUT2D eigenvalue weighted by molar-refractivity contribution is -0.141. The summed E-state index contributed by atoms with van der Waals surface area (Å²) in [5.41, 5.74) is -0.931. The standard InChI is InChI=1S/C24H23F3N6O4/c25-24(26,27)21-5-3-4-17(29-21)23(35)30-19-12-16-14-33(15-22(34)32-7-10-36-11-8-32)31-18(16)13-20(19)37-9-2-1-6-28/h3-5,12-14H,1-2,7-11,15H2,(H,30,35). The number of carbonyl (C=O) groups excluding carboxylic acids is 2. The van der Waals surface area contributed by atoms with Crippen LogP contribution in [-0.2, 0) is 22.3 Å². The maximum absolute atomic E-state index is 13.0. The smallest absolute Gasteiger partial charge is 0.433 e. The number of nitrogens with zero attached hydrogens (tertiary/aromatic N) is 5. The number of hydrogen-bond donors (Lipinski definition) is 1. The molecule has 10 nitrogen and oxygen atoms in total. The Bertz CT molecular complexity index is 1330. The van der Waals surface area contributed by atoms with Crippen molar-refractivity contribution in [3.8, 4) is 11.8 Å². The molecule has 1 N–H and O–H groups in total. The first-order chi connectivity index (χ1) is 17.7. The Kier molecular flexibility index (Phi) is 7.88. The van der Waals surface area contributed by atoms with Crippen LogP contribution >= 0.6 is 0 Å². The molecule has 0 atom stereocenters. The fraction of sp³-hybridized carbons (Fsp3) is 0.375. The van der Waals surface area contributed by atoms with E-state index in [4.69, 9.17) is 14.7 Å². The van der Waals surface area contributed by atoms with Gasteiger partial charge in [-0.25, -0.2) is 4.98 Å². The maximum atomic E-state index is 13.0. The lowest BCUT2D eigenvalue weighted by Crippen LogP contribution is -2.42. The zero-order valence-corrected chi connectivity index (χ0v) is 19.6. The third kappa shape index (κ3) is 6.53. The number of halogens is 3. The molecule has 1 fully saturated rings. The average Bonchev–Trinajstić information content (AvgIpc) is 3.27. The number of ether oxygens (including phenoxy) is 2. The van der Waals surface area contributed by atoms with Crippen LogP contribution in [0.15, 0.2) is 36.5 Å². The lowest BCUT2D eigenvalue weighted by Gasteiger charge is -2.26. The minimum Gasteiger partial charge on any atom is -0.491 e. The van der Waals surface area contributed by atoms with Crippen molar-refractivity contribution in [2.45, 2.75) is 25.6 Å². The Morgan fingerprint density at radius 2 is 2.00 bits per heavy atom. The molecule has 3 heterocycles. The van der Waals surface area contributed by atoms with E-state index < -0.39 is 23.5 Å². The number of amides is 2. The van der Waals surface area contributed by atoms with E-state index in [1.165, 1.54) is 10.7 Å². The third-order valence-electron chi connectivity index (χ3n) is 5.53. The second-order valence-electron chi connectivity index (χ2n) is 8.20. The number of morpholine rings is 1. The van der Waals surface area contributed by atoms with E-state index in [0.717, 1.165) is 12.1 Å². The van der Waals surface area contributed by atoms with Gasteiger partial charge in [0, 0.05) is 37.2 Å². The molecule has 0 radical (unpaired) electrons. The number of fused-ring (bicyclic) bond motifs is 1. The van der Waals surface area contributed by atoms with Crippen LogP contribution in [0, 0.1) is 11.3 Å². The highest BCUT2D eigenvalue weighted by molar-refractivity contribution is 6.05. The summed E-state index contributed by atoms with van der Waals surface area (Å²) < 4.78 is 51.6. The van der Waals surface area contributed by atoms with Gasteiger partial charge in [0.2, 0.25) is 5.91 Å².